The number of hydrogen-bond donors (Lipinski definition) is 1. The Hall–Kier alpha value is -2.16. The fourth-order valence-corrected chi connectivity index (χ4v) is 2.28. The molecule has 2 rings (SSSR count). The summed E-state index contributed by atoms with van der Waals surface area (Å²) in [6.07, 6.45) is 2.14. The van der Waals surface area contributed by atoms with Crippen LogP contribution in [0.4, 0.5) is 5.69 Å². The maximum Gasteiger partial charge on any atom is 0.124 e. The maximum absolute atomic E-state index is 5.29. The van der Waals surface area contributed by atoms with E-state index in [0.717, 1.165) is 30.0 Å². The number of anilines is 1. The summed E-state index contributed by atoms with van der Waals surface area (Å²) in [6, 6.07) is 16.8. The lowest BCUT2D eigenvalue weighted by atomic mass is 10.1. The van der Waals surface area contributed by atoms with E-state index in [9.17, 15) is 0 Å². The Balaban J connectivity index is 1.94. The molecule has 0 amide bonds. The molecular formula is C18H23NO2. The van der Waals surface area contributed by atoms with Gasteiger partial charge in [-0.25, -0.2) is 0 Å². The molecule has 0 saturated carbocycles. The van der Waals surface area contributed by atoms with Crippen LogP contribution in [0.5, 0.6) is 11.5 Å². The second-order valence-corrected chi connectivity index (χ2v) is 5.17. The van der Waals surface area contributed by atoms with Crippen molar-refractivity contribution in [3.05, 3.63) is 54.1 Å². The van der Waals surface area contributed by atoms with E-state index in [4.69, 9.17) is 9.47 Å². The minimum Gasteiger partial charge on any atom is -0.497 e. The SMILES string of the molecule is COc1cc(NC(C)CCc2ccccc2)cc(OC)c1. The Labute approximate surface area is 126 Å². The van der Waals surface area contributed by atoms with Gasteiger partial charge < -0.3 is 14.8 Å². The van der Waals surface area contributed by atoms with Gasteiger partial charge >= 0.3 is 0 Å². The van der Waals surface area contributed by atoms with Gasteiger partial charge in [0.1, 0.15) is 11.5 Å². The van der Waals surface area contributed by atoms with Crippen molar-refractivity contribution >= 4 is 5.69 Å². The van der Waals surface area contributed by atoms with Crippen LogP contribution in [0.2, 0.25) is 0 Å². The number of benzene rings is 2. The van der Waals surface area contributed by atoms with Crippen LogP contribution in [0.1, 0.15) is 18.9 Å². The van der Waals surface area contributed by atoms with Crippen molar-refractivity contribution in [3.8, 4) is 11.5 Å². The topological polar surface area (TPSA) is 30.5 Å². The van der Waals surface area contributed by atoms with Crippen LogP contribution in [-0.4, -0.2) is 20.3 Å². The molecule has 112 valence electrons. The van der Waals surface area contributed by atoms with E-state index in [-0.39, 0.29) is 0 Å². The molecule has 3 heteroatoms. The highest BCUT2D eigenvalue weighted by Crippen LogP contribution is 2.26. The van der Waals surface area contributed by atoms with E-state index in [1.165, 1.54) is 5.56 Å². The van der Waals surface area contributed by atoms with Gasteiger partial charge in [0.15, 0.2) is 0 Å². The van der Waals surface area contributed by atoms with E-state index in [2.05, 4.69) is 36.5 Å². The van der Waals surface area contributed by atoms with Crippen LogP contribution in [0.15, 0.2) is 48.5 Å². The Kier molecular flexibility index (Phi) is 5.50. The number of rotatable bonds is 7. The molecule has 0 radical (unpaired) electrons. The zero-order chi connectivity index (χ0) is 15.1. The summed E-state index contributed by atoms with van der Waals surface area (Å²) in [7, 11) is 3.33. The number of nitrogens with one attached hydrogen (secondary N) is 1. The largest absolute Gasteiger partial charge is 0.497 e. The van der Waals surface area contributed by atoms with Gasteiger partial charge in [-0.1, -0.05) is 30.3 Å². The number of aryl methyl sites for hydroxylation is 1. The minimum atomic E-state index is 0.377. The monoisotopic (exact) mass is 285 g/mol. The highest BCUT2D eigenvalue weighted by molar-refractivity contribution is 5.54. The smallest absolute Gasteiger partial charge is 0.124 e. The van der Waals surface area contributed by atoms with Crippen LogP contribution in [0.25, 0.3) is 0 Å². The van der Waals surface area contributed by atoms with Crippen molar-refractivity contribution in [1.82, 2.24) is 0 Å². The molecule has 1 N–H and O–H groups in total. The minimum absolute atomic E-state index is 0.377. The fraction of sp³-hybridized carbons (Fsp3) is 0.333. The van der Waals surface area contributed by atoms with Gasteiger partial charge in [-0.05, 0) is 25.3 Å². The average molecular weight is 285 g/mol. The van der Waals surface area contributed by atoms with Crippen LogP contribution in [0, 0.1) is 0 Å². The lowest BCUT2D eigenvalue weighted by molar-refractivity contribution is 0.394. The molecule has 21 heavy (non-hydrogen) atoms. The van der Waals surface area contributed by atoms with Gasteiger partial charge in [0, 0.05) is 29.9 Å². The molecule has 0 aromatic heterocycles. The normalized spacial score (nSPS) is 11.8. The summed E-state index contributed by atoms with van der Waals surface area (Å²) in [5, 5.41) is 3.50. The molecule has 2 aromatic rings. The fourth-order valence-electron chi connectivity index (χ4n) is 2.28. The molecule has 3 nitrogen and oxygen atoms in total. The van der Waals surface area contributed by atoms with Gasteiger partial charge in [-0.2, -0.15) is 0 Å². The van der Waals surface area contributed by atoms with Crippen molar-refractivity contribution in [1.29, 1.82) is 0 Å². The second-order valence-electron chi connectivity index (χ2n) is 5.17. The van der Waals surface area contributed by atoms with Crippen LogP contribution >= 0.6 is 0 Å². The van der Waals surface area contributed by atoms with E-state index in [0.29, 0.717) is 6.04 Å². The molecule has 1 unspecified atom stereocenters. The zero-order valence-electron chi connectivity index (χ0n) is 12.9. The van der Waals surface area contributed by atoms with Crippen LogP contribution < -0.4 is 14.8 Å². The standard InChI is InChI=1S/C18H23NO2/c1-14(9-10-15-7-5-4-6-8-15)19-16-11-17(20-2)13-18(12-16)21-3/h4-8,11-14,19H,9-10H2,1-3H3. The van der Waals surface area contributed by atoms with Gasteiger partial charge in [-0.3, -0.25) is 0 Å². The molecule has 0 aliphatic carbocycles. The lowest BCUT2D eigenvalue weighted by Crippen LogP contribution is -2.16. The molecule has 0 aliphatic rings. The summed E-state index contributed by atoms with van der Waals surface area (Å²) < 4.78 is 10.6. The first-order chi connectivity index (χ1) is 10.2. The van der Waals surface area contributed by atoms with E-state index in [1.807, 2.05) is 24.3 Å². The molecule has 0 heterocycles. The van der Waals surface area contributed by atoms with E-state index in [1.54, 1.807) is 14.2 Å². The van der Waals surface area contributed by atoms with Crippen molar-refractivity contribution < 1.29 is 9.47 Å². The second kappa shape index (κ2) is 7.58. The van der Waals surface area contributed by atoms with Crippen molar-refractivity contribution in [2.24, 2.45) is 0 Å². The third-order valence-corrected chi connectivity index (χ3v) is 3.47. The van der Waals surface area contributed by atoms with Gasteiger partial charge in [0.2, 0.25) is 0 Å². The summed E-state index contributed by atoms with van der Waals surface area (Å²) in [6.45, 7) is 2.19. The Morgan fingerprint density at radius 1 is 0.952 bits per heavy atom. The first kappa shape index (κ1) is 15.2. The number of ether oxygens (including phenoxy) is 2. The lowest BCUT2D eigenvalue weighted by Gasteiger charge is -2.17. The predicted octanol–water partition coefficient (Wildman–Crippen LogP) is 4.14. The van der Waals surface area contributed by atoms with Crippen molar-refractivity contribution in [2.45, 2.75) is 25.8 Å². The van der Waals surface area contributed by atoms with E-state index >= 15 is 0 Å². The highest BCUT2D eigenvalue weighted by atomic mass is 16.5. The molecule has 0 spiro atoms. The molecular weight excluding hydrogens is 262 g/mol. The number of hydrogen-bond acceptors (Lipinski definition) is 3. The Morgan fingerprint density at radius 2 is 1.57 bits per heavy atom. The van der Waals surface area contributed by atoms with Crippen molar-refractivity contribution in [3.63, 3.8) is 0 Å². The van der Waals surface area contributed by atoms with Gasteiger partial charge in [-0.15, -0.1) is 0 Å². The van der Waals surface area contributed by atoms with Crippen molar-refractivity contribution in [2.75, 3.05) is 19.5 Å². The van der Waals surface area contributed by atoms with E-state index < -0.39 is 0 Å². The van der Waals surface area contributed by atoms with Crippen LogP contribution in [0.3, 0.4) is 0 Å². The predicted molar refractivity (Wildman–Crippen MR) is 87.4 cm³/mol. The highest BCUT2D eigenvalue weighted by Gasteiger charge is 2.06. The molecule has 0 saturated heterocycles. The summed E-state index contributed by atoms with van der Waals surface area (Å²) in [4.78, 5) is 0. The molecule has 0 fully saturated rings. The third-order valence-electron chi connectivity index (χ3n) is 3.47. The van der Waals surface area contributed by atoms with Gasteiger partial charge in [0.05, 0.1) is 14.2 Å². The summed E-state index contributed by atoms with van der Waals surface area (Å²) >= 11 is 0. The average Bonchev–Trinajstić information content (AvgIpc) is 2.53. The third kappa shape index (κ3) is 4.71. The molecule has 2 aromatic carbocycles. The summed E-state index contributed by atoms with van der Waals surface area (Å²) in [5.74, 6) is 1.60. The first-order valence-corrected chi connectivity index (χ1v) is 7.25. The molecule has 0 aliphatic heterocycles. The molecule has 1 atom stereocenters. The zero-order valence-corrected chi connectivity index (χ0v) is 12.9. The first-order valence-electron chi connectivity index (χ1n) is 7.25. The molecule has 0 bridgehead atoms. The Morgan fingerprint density at radius 3 is 2.14 bits per heavy atom. The Bertz CT molecular complexity index is 532. The quantitative estimate of drug-likeness (QED) is 0.829. The number of methoxy groups -OCH3 is 2. The van der Waals surface area contributed by atoms with Gasteiger partial charge in [0.25, 0.3) is 0 Å². The van der Waals surface area contributed by atoms with Crippen LogP contribution in [-0.2, 0) is 6.42 Å². The maximum atomic E-state index is 5.29. The summed E-state index contributed by atoms with van der Waals surface area (Å²) in [5.41, 5.74) is 2.39.